The van der Waals surface area contributed by atoms with E-state index in [0.717, 1.165) is 24.0 Å². The smallest absolute Gasteiger partial charge is 0.406 e. The van der Waals surface area contributed by atoms with Crippen molar-refractivity contribution in [3.8, 4) is 28.9 Å². The summed E-state index contributed by atoms with van der Waals surface area (Å²) in [5.74, 6) is -0.0127. The van der Waals surface area contributed by atoms with Gasteiger partial charge in [0.25, 0.3) is 0 Å². The molecule has 0 bridgehead atoms. The van der Waals surface area contributed by atoms with Crippen molar-refractivity contribution >= 4 is 40.1 Å². The molecule has 3 amide bonds. The number of ether oxygens (including phenoxy) is 1. The maximum Gasteiger partial charge on any atom is 0.573 e. The summed E-state index contributed by atoms with van der Waals surface area (Å²) < 4.78 is 42.6. The third-order valence-corrected chi connectivity index (χ3v) is 7.63. The number of benzene rings is 3. The molecule has 0 spiro atoms. The third kappa shape index (κ3) is 7.62. The van der Waals surface area contributed by atoms with E-state index < -0.39 is 12.4 Å². The van der Waals surface area contributed by atoms with Crippen LogP contribution in [-0.2, 0) is 11.2 Å². The van der Waals surface area contributed by atoms with Gasteiger partial charge in [0.2, 0.25) is 5.91 Å². The Labute approximate surface area is 266 Å². The molecule has 5 rings (SSSR count). The lowest BCUT2D eigenvalue weighted by Gasteiger charge is -2.20. The molecular weight excluding hydrogens is 619 g/mol. The molecule has 1 aliphatic heterocycles. The Morgan fingerprint density at radius 2 is 1.89 bits per heavy atom. The summed E-state index contributed by atoms with van der Waals surface area (Å²) in [6.07, 6.45) is -0.453. The Kier molecular flexibility index (Phi) is 9.53. The van der Waals surface area contributed by atoms with Gasteiger partial charge in [-0.2, -0.15) is 10.3 Å². The van der Waals surface area contributed by atoms with Crippen LogP contribution in [0.3, 0.4) is 0 Å². The highest BCUT2D eigenvalue weighted by Crippen LogP contribution is 2.31. The first-order valence-corrected chi connectivity index (χ1v) is 15.0. The number of aliphatic imine (C=N–C) groups is 1. The fraction of sp³-hybridized carbons (Fsp3) is 0.188. The number of aromatic nitrogens is 3. The number of amides is 3. The first-order valence-electron chi connectivity index (χ1n) is 14.0. The minimum atomic E-state index is -4.78. The lowest BCUT2D eigenvalue weighted by Crippen LogP contribution is -2.31. The molecule has 0 atom stereocenters. The van der Waals surface area contributed by atoms with Crippen molar-refractivity contribution in [2.45, 2.75) is 33.1 Å². The van der Waals surface area contributed by atoms with Crippen molar-refractivity contribution in [3.05, 3.63) is 95.9 Å². The third-order valence-electron chi connectivity index (χ3n) is 6.70. The van der Waals surface area contributed by atoms with Gasteiger partial charge in [-0.05, 0) is 60.4 Å². The normalized spacial score (nSPS) is 14.4. The average Bonchev–Trinajstić information content (AvgIpc) is 3.65. The second kappa shape index (κ2) is 13.7. The van der Waals surface area contributed by atoms with E-state index in [4.69, 9.17) is 0 Å². The molecule has 4 aromatic rings. The van der Waals surface area contributed by atoms with E-state index in [0.29, 0.717) is 28.3 Å². The number of aryl methyl sites for hydroxylation is 2. The molecule has 0 saturated carbocycles. The molecule has 234 valence electrons. The molecule has 0 unspecified atom stereocenters. The van der Waals surface area contributed by atoms with Gasteiger partial charge < -0.3 is 10.1 Å². The maximum absolute atomic E-state index is 12.8. The number of nitrogens with one attached hydrogen (secondary N) is 1. The summed E-state index contributed by atoms with van der Waals surface area (Å²) in [6.45, 7) is 3.99. The molecule has 1 fully saturated rings. The van der Waals surface area contributed by atoms with E-state index in [9.17, 15) is 28.0 Å². The van der Waals surface area contributed by atoms with Crippen LogP contribution in [-0.4, -0.2) is 44.0 Å². The van der Waals surface area contributed by atoms with E-state index in [1.54, 1.807) is 24.3 Å². The van der Waals surface area contributed by atoms with Crippen LogP contribution in [0.5, 0.6) is 5.75 Å². The van der Waals surface area contributed by atoms with E-state index in [1.165, 1.54) is 58.1 Å². The number of nitrogens with zero attached hydrogens (tertiary/aromatic N) is 6. The van der Waals surface area contributed by atoms with Crippen molar-refractivity contribution in [2.24, 2.45) is 4.99 Å². The van der Waals surface area contributed by atoms with Gasteiger partial charge in [-0.1, -0.05) is 61.5 Å². The molecular formula is C32H26F3N7O3S. The van der Waals surface area contributed by atoms with Gasteiger partial charge in [-0.3, -0.25) is 9.69 Å². The molecule has 2 heterocycles. The van der Waals surface area contributed by atoms with Gasteiger partial charge in [-0.25, -0.2) is 14.5 Å². The Balaban J connectivity index is 1.27. The van der Waals surface area contributed by atoms with Crippen LogP contribution >= 0.6 is 11.8 Å². The first kappa shape index (κ1) is 32.0. The van der Waals surface area contributed by atoms with Gasteiger partial charge in [0, 0.05) is 11.8 Å². The van der Waals surface area contributed by atoms with Crippen molar-refractivity contribution in [3.63, 3.8) is 0 Å². The molecule has 46 heavy (non-hydrogen) atoms. The van der Waals surface area contributed by atoms with Gasteiger partial charge in [-0.15, -0.1) is 18.3 Å². The number of carbonyl (C=O) groups excluding carboxylic acids is 2. The number of halogens is 3. The largest absolute Gasteiger partial charge is 0.573 e. The minimum Gasteiger partial charge on any atom is -0.406 e. The van der Waals surface area contributed by atoms with E-state index >= 15 is 0 Å². The summed E-state index contributed by atoms with van der Waals surface area (Å²) >= 11 is 1.17. The van der Waals surface area contributed by atoms with Crippen LogP contribution < -0.4 is 15.0 Å². The zero-order valence-electron chi connectivity index (χ0n) is 24.6. The molecule has 1 saturated heterocycles. The number of rotatable bonds is 8. The quantitative estimate of drug-likeness (QED) is 0.209. The van der Waals surface area contributed by atoms with E-state index in [2.05, 4.69) is 38.1 Å². The van der Waals surface area contributed by atoms with Crippen LogP contribution in [0.25, 0.3) is 22.6 Å². The van der Waals surface area contributed by atoms with Crippen LogP contribution in [0.15, 0.2) is 84.2 Å². The Hall–Kier alpha value is -5.42. The summed E-state index contributed by atoms with van der Waals surface area (Å²) in [7, 11) is 0. The predicted molar refractivity (Wildman–Crippen MR) is 168 cm³/mol. The van der Waals surface area contributed by atoms with Crippen molar-refractivity contribution in [1.29, 1.82) is 5.26 Å². The van der Waals surface area contributed by atoms with Crippen molar-refractivity contribution < 1.29 is 27.5 Å². The maximum atomic E-state index is 12.8. The molecule has 0 radical (unpaired) electrons. The Bertz CT molecular complexity index is 1860. The first-order chi connectivity index (χ1) is 22.0. The van der Waals surface area contributed by atoms with E-state index in [-0.39, 0.29) is 28.2 Å². The van der Waals surface area contributed by atoms with Gasteiger partial charge in [0.05, 0.1) is 22.7 Å². The molecule has 1 N–H and O–H groups in total. The summed E-state index contributed by atoms with van der Waals surface area (Å²) in [4.78, 5) is 35.4. The van der Waals surface area contributed by atoms with Gasteiger partial charge in [0.15, 0.2) is 11.0 Å². The van der Waals surface area contributed by atoms with Crippen molar-refractivity contribution in [2.75, 3.05) is 10.7 Å². The lowest BCUT2D eigenvalue weighted by atomic mass is 10.0. The zero-order valence-corrected chi connectivity index (χ0v) is 25.4. The number of anilines is 1. The molecule has 0 aliphatic carbocycles. The highest BCUT2D eigenvalue weighted by Gasteiger charge is 2.32. The second-order valence-corrected chi connectivity index (χ2v) is 11.0. The summed E-state index contributed by atoms with van der Waals surface area (Å²) in [6, 6.07) is 19.1. The predicted octanol–water partition coefficient (Wildman–Crippen LogP) is 6.80. The highest BCUT2D eigenvalue weighted by molar-refractivity contribution is 8.15. The van der Waals surface area contributed by atoms with E-state index in [1.807, 2.05) is 25.1 Å². The fourth-order valence-corrected chi connectivity index (χ4v) is 5.46. The number of alkyl halides is 3. The Morgan fingerprint density at radius 1 is 1.15 bits per heavy atom. The SMILES string of the molecule is CCCc1ccc(C)cc1N1C(=O)CS/C1=N\C(=O)N/C=C(\C#N)c1ccc(-c2ncn(-c3ccc(OC(F)(F)F)cc3)n2)cc1. The number of nitriles is 1. The zero-order chi connectivity index (χ0) is 32.8. The number of hydrogen-bond acceptors (Lipinski definition) is 7. The fourth-order valence-electron chi connectivity index (χ4n) is 4.60. The van der Waals surface area contributed by atoms with Crippen molar-refractivity contribution in [1.82, 2.24) is 20.1 Å². The number of thioether (sulfide) groups is 1. The van der Waals surface area contributed by atoms with Gasteiger partial charge >= 0.3 is 12.4 Å². The van der Waals surface area contributed by atoms with Crippen LogP contribution in [0, 0.1) is 18.3 Å². The molecule has 3 aromatic carbocycles. The number of allylic oxidation sites excluding steroid dienone is 1. The summed E-state index contributed by atoms with van der Waals surface area (Å²) in [5, 5.41) is 16.9. The number of carbonyl (C=O) groups is 2. The minimum absolute atomic E-state index is 0.160. The van der Waals surface area contributed by atoms with Crippen LogP contribution in [0.1, 0.15) is 30.0 Å². The lowest BCUT2D eigenvalue weighted by molar-refractivity contribution is -0.274. The molecule has 10 nitrogen and oxygen atoms in total. The van der Waals surface area contributed by atoms with Crippen LogP contribution in [0.2, 0.25) is 0 Å². The molecule has 14 heteroatoms. The van der Waals surface area contributed by atoms with Gasteiger partial charge in [0.1, 0.15) is 18.1 Å². The Morgan fingerprint density at radius 3 is 2.57 bits per heavy atom. The number of amidine groups is 1. The average molecular weight is 646 g/mol. The highest BCUT2D eigenvalue weighted by atomic mass is 32.2. The molecule has 1 aromatic heterocycles. The monoisotopic (exact) mass is 645 g/mol. The number of hydrogen-bond donors (Lipinski definition) is 1. The summed E-state index contributed by atoms with van der Waals surface area (Å²) in [5.41, 5.74) is 4.45. The standard InChI is InChI=1S/C32H26F3N7O3S/c1-3-4-22-6-5-20(2)15-27(22)42-28(43)18-46-31(42)39-30(44)37-17-24(16-36)21-7-9-23(10-8-21)29-38-19-41(40-29)25-11-13-26(14-12-25)45-32(33,34)35/h5-15,17,19H,3-4,18H2,1-2H3,(H,37,44)/b24-17+,39-31-. The molecule has 1 aliphatic rings. The number of urea groups is 1. The topological polar surface area (TPSA) is 126 Å². The second-order valence-electron chi connectivity index (χ2n) is 10.0. The van der Waals surface area contributed by atoms with Crippen LogP contribution in [0.4, 0.5) is 23.7 Å².